The number of aromatic nitrogens is 1. The molecule has 0 saturated heterocycles. The van der Waals surface area contributed by atoms with Gasteiger partial charge in [0.2, 0.25) is 5.12 Å². The molecule has 11 heavy (non-hydrogen) atoms. The van der Waals surface area contributed by atoms with E-state index in [-0.39, 0.29) is 5.12 Å². The van der Waals surface area contributed by atoms with E-state index in [4.69, 9.17) is 0 Å². The molecule has 1 aromatic heterocycles. The van der Waals surface area contributed by atoms with Gasteiger partial charge in [-0.25, -0.2) is 0 Å². The van der Waals surface area contributed by atoms with E-state index in [1.165, 1.54) is 0 Å². The van der Waals surface area contributed by atoms with E-state index in [1.54, 1.807) is 12.4 Å². The number of aryl methyl sites for hydroxylation is 1. The van der Waals surface area contributed by atoms with Crippen LogP contribution in [0.15, 0.2) is 18.5 Å². The van der Waals surface area contributed by atoms with E-state index >= 15 is 0 Å². The van der Waals surface area contributed by atoms with Crippen molar-refractivity contribution in [1.29, 1.82) is 0 Å². The van der Waals surface area contributed by atoms with Crippen LogP contribution in [-0.4, -0.2) is 10.1 Å². The van der Waals surface area contributed by atoms with Gasteiger partial charge in [0, 0.05) is 18.0 Å². The predicted octanol–water partition coefficient (Wildman–Crippen LogP) is 1.71. The van der Waals surface area contributed by atoms with Gasteiger partial charge < -0.3 is 0 Å². The molecule has 1 rings (SSSR count). The molecule has 1 aromatic rings. The summed E-state index contributed by atoms with van der Waals surface area (Å²) in [6, 6.07) is 1.84. The summed E-state index contributed by atoms with van der Waals surface area (Å²) >= 11 is 3.73. The molecule has 0 radical (unpaired) electrons. The molecule has 0 N–H and O–H groups in total. The molecule has 0 bridgehead atoms. The SMILES string of the molecule is CCc1ccncc1C(=O)S. The first kappa shape index (κ1) is 8.27. The van der Waals surface area contributed by atoms with Crippen LogP contribution in [0.5, 0.6) is 0 Å². The molecule has 0 aliphatic heterocycles. The molecule has 0 fully saturated rings. The van der Waals surface area contributed by atoms with E-state index in [1.807, 2.05) is 13.0 Å². The maximum absolute atomic E-state index is 10.8. The van der Waals surface area contributed by atoms with Crippen LogP contribution < -0.4 is 0 Å². The molecule has 0 unspecified atom stereocenters. The van der Waals surface area contributed by atoms with Crippen molar-refractivity contribution in [3.63, 3.8) is 0 Å². The number of hydrogen-bond acceptors (Lipinski definition) is 2. The zero-order valence-corrected chi connectivity index (χ0v) is 7.14. The molecule has 0 aliphatic rings. The molecular weight excluding hydrogens is 158 g/mol. The molecule has 3 heteroatoms. The molecule has 0 aromatic carbocycles. The Kier molecular flexibility index (Phi) is 2.65. The molecule has 58 valence electrons. The smallest absolute Gasteiger partial charge is 0.218 e. The highest BCUT2D eigenvalue weighted by Gasteiger charge is 2.04. The fourth-order valence-electron chi connectivity index (χ4n) is 0.924. The maximum Gasteiger partial charge on any atom is 0.218 e. The summed E-state index contributed by atoms with van der Waals surface area (Å²) in [5.74, 6) is 0. The quantitative estimate of drug-likeness (QED) is 0.680. The van der Waals surface area contributed by atoms with Gasteiger partial charge in [-0.05, 0) is 18.1 Å². The first-order chi connectivity index (χ1) is 5.25. The van der Waals surface area contributed by atoms with E-state index in [9.17, 15) is 4.79 Å². The van der Waals surface area contributed by atoms with Crippen molar-refractivity contribution >= 4 is 17.7 Å². The fraction of sp³-hybridized carbons (Fsp3) is 0.250. The van der Waals surface area contributed by atoms with Gasteiger partial charge in [0.1, 0.15) is 0 Å². The minimum atomic E-state index is -0.213. The van der Waals surface area contributed by atoms with Gasteiger partial charge in [0.05, 0.1) is 0 Å². The Hall–Kier alpha value is -0.830. The van der Waals surface area contributed by atoms with Gasteiger partial charge in [-0.1, -0.05) is 6.92 Å². The second kappa shape index (κ2) is 3.53. The van der Waals surface area contributed by atoms with Gasteiger partial charge >= 0.3 is 0 Å². The Morgan fingerprint density at radius 1 is 1.73 bits per heavy atom. The summed E-state index contributed by atoms with van der Waals surface area (Å²) in [5, 5.41) is -0.213. The highest BCUT2D eigenvalue weighted by molar-refractivity contribution is 7.97. The Bertz CT molecular complexity index is 273. The number of carbonyl (C=O) groups excluding carboxylic acids is 1. The van der Waals surface area contributed by atoms with Crippen LogP contribution in [0.25, 0.3) is 0 Å². The number of pyridine rings is 1. The van der Waals surface area contributed by atoms with Gasteiger partial charge in [-0.15, -0.1) is 12.6 Å². The zero-order valence-electron chi connectivity index (χ0n) is 6.24. The summed E-state index contributed by atoms with van der Waals surface area (Å²) in [5.41, 5.74) is 1.61. The lowest BCUT2D eigenvalue weighted by atomic mass is 10.1. The summed E-state index contributed by atoms with van der Waals surface area (Å²) in [6.07, 6.45) is 4.07. The van der Waals surface area contributed by atoms with E-state index in [2.05, 4.69) is 17.6 Å². The Balaban J connectivity index is 3.12. The summed E-state index contributed by atoms with van der Waals surface area (Å²) in [4.78, 5) is 14.7. The van der Waals surface area contributed by atoms with Gasteiger partial charge in [-0.2, -0.15) is 0 Å². The third-order valence-electron chi connectivity index (χ3n) is 1.52. The lowest BCUT2D eigenvalue weighted by Crippen LogP contribution is -1.96. The lowest BCUT2D eigenvalue weighted by molar-refractivity contribution is 0.109. The normalized spacial score (nSPS) is 9.64. The first-order valence-corrected chi connectivity index (χ1v) is 3.86. The number of carbonyl (C=O) groups is 1. The van der Waals surface area contributed by atoms with Crippen LogP contribution >= 0.6 is 12.6 Å². The maximum atomic E-state index is 10.8. The third kappa shape index (κ3) is 1.80. The predicted molar refractivity (Wildman–Crippen MR) is 46.9 cm³/mol. The molecule has 0 spiro atoms. The van der Waals surface area contributed by atoms with Gasteiger partial charge in [0.25, 0.3) is 0 Å². The Morgan fingerprint density at radius 2 is 2.45 bits per heavy atom. The lowest BCUT2D eigenvalue weighted by Gasteiger charge is -2.00. The van der Waals surface area contributed by atoms with E-state index < -0.39 is 0 Å². The summed E-state index contributed by atoms with van der Waals surface area (Å²) in [6.45, 7) is 2.00. The molecule has 0 amide bonds. The standard InChI is InChI=1S/C8H9NOS/c1-2-6-3-4-9-5-7(6)8(10)11/h3-5H,2H2,1H3,(H,10,11). The third-order valence-corrected chi connectivity index (χ3v) is 1.76. The second-order valence-electron chi connectivity index (χ2n) is 2.19. The van der Waals surface area contributed by atoms with Crippen LogP contribution in [0, 0.1) is 0 Å². The molecule has 1 heterocycles. The van der Waals surface area contributed by atoms with Crippen molar-refractivity contribution in [2.75, 3.05) is 0 Å². The first-order valence-electron chi connectivity index (χ1n) is 3.42. The van der Waals surface area contributed by atoms with Crippen molar-refractivity contribution in [1.82, 2.24) is 4.98 Å². The highest BCUT2D eigenvalue weighted by atomic mass is 32.1. The number of thiol groups is 1. The largest absolute Gasteiger partial charge is 0.282 e. The fourth-order valence-corrected chi connectivity index (χ4v) is 1.13. The van der Waals surface area contributed by atoms with Crippen LogP contribution in [0.2, 0.25) is 0 Å². The summed E-state index contributed by atoms with van der Waals surface area (Å²) < 4.78 is 0. The topological polar surface area (TPSA) is 30.0 Å². The molecule has 0 atom stereocenters. The number of rotatable bonds is 2. The van der Waals surface area contributed by atoms with E-state index in [0.717, 1.165) is 12.0 Å². The van der Waals surface area contributed by atoms with Crippen LogP contribution in [-0.2, 0) is 6.42 Å². The molecule has 2 nitrogen and oxygen atoms in total. The molecule has 0 saturated carbocycles. The minimum Gasteiger partial charge on any atom is -0.282 e. The van der Waals surface area contributed by atoms with Crippen molar-refractivity contribution in [2.45, 2.75) is 13.3 Å². The highest BCUT2D eigenvalue weighted by Crippen LogP contribution is 2.09. The number of nitrogens with zero attached hydrogens (tertiary/aromatic N) is 1. The van der Waals surface area contributed by atoms with Gasteiger partial charge in [0.15, 0.2) is 0 Å². The minimum absolute atomic E-state index is 0.213. The van der Waals surface area contributed by atoms with Crippen LogP contribution in [0.3, 0.4) is 0 Å². The summed E-state index contributed by atoms with van der Waals surface area (Å²) in [7, 11) is 0. The Labute approximate surface area is 71.1 Å². The van der Waals surface area contributed by atoms with Crippen molar-refractivity contribution in [2.24, 2.45) is 0 Å². The van der Waals surface area contributed by atoms with Gasteiger partial charge in [-0.3, -0.25) is 9.78 Å². The average Bonchev–Trinajstić information content (AvgIpc) is 2.04. The number of hydrogen-bond donors (Lipinski definition) is 1. The zero-order chi connectivity index (χ0) is 8.27. The molecule has 0 aliphatic carbocycles. The second-order valence-corrected chi connectivity index (χ2v) is 2.60. The Morgan fingerprint density at radius 3 is 2.91 bits per heavy atom. The van der Waals surface area contributed by atoms with Crippen LogP contribution in [0.1, 0.15) is 22.8 Å². The monoisotopic (exact) mass is 167 g/mol. The average molecular weight is 167 g/mol. The van der Waals surface area contributed by atoms with Crippen molar-refractivity contribution < 1.29 is 4.79 Å². The van der Waals surface area contributed by atoms with Crippen molar-refractivity contribution in [3.8, 4) is 0 Å². The molecular formula is C8H9NOS. The van der Waals surface area contributed by atoms with Crippen LogP contribution in [0.4, 0.5) is 0 Å². The van der Waals surface area contributed by atoms with Crippen molar-refractivity contribution in [3.05, 3.63) is 29.6 Å². The van der Waals surface area contributed by atoms with E-state index in [0.29, 0.717) is 5.56 Å².